The van der Waals surface area contributed by atoms with Crippen molar-refractivity contribution in [3.05, 3.63) is 35.4 Å². The number of alkyl carbamates (subject to hydrolysis) is 1. The van der Waals surface area contributed by atoms with E-state index in [2.05, 4.69) is 10.6 Å². The number of hydrogen-bond acceptors (Lipinski definition) is 3. The third kappa shape index (κ3) is 7.08. The number of benzene rings is 1. The molecule has 0 aliphatic carbocycles. The second-order valence-corrected chi connectivity index (χ2v) is 5.56. The summed E-state index contributed by atoms with van der Waals surface area (Å²) < 4.78 is 31.1. The molecule has 2 amide bonds. The molecule has 1 aromatic rings. The summed E-state index contributed by atoms with van der Waals surface area (Å²) in [7, 11) is 0. The number of nitrogens with one attached hydrogen (secondary N) is 2. The van der Waals surface area contributed by atoms with Gasteiger partial charge >= 0.3 is 6.09 Å². The number of rotatable bonds is 7. The van der Waals surface area contributed by atoms with Gasteiger partial charge in [0.25, 0.3) is 5.91 Å². The molecule has 0 fully saturated rings. The van der Waals surface area contributed by atoms with E-state index in [1.165, 1.54) is 0 Å². The Labute approximate surface area is 134 Å². The number of carbonyl (C=O) groups is 2. The lowest BCUT2D eigenvalue weighted by Gasteiger charge is -2.20. The molecule has 2 N–H and O–H groups in total. The summed E-state index contributed by atoms with van der Waals surface area (Å²) in [5.74, 6) is -1.97. The van der Waals surface area contributed by atoms with Crippen LogP contribution in [0, 0.1) is 17.6 Å². The largest absolute Gasteiger partial charge is 0.450 e. The maximum absolute atomic E-state index is 13.1. The Bertz CT molecular complexity index is 530. The van der Waals surface area contributed by atoms with E-state index >= 15 is 0 Å². The van der Waals surface area contributed by atoms with Gasteiger partial charge < -0.3 is 15.4 Å². The average Bonchev–Trinajstić information content (AvgIpc) is 2.43. The molecule has 5 nitrogen and oxygen atoms in total. The van der Waals surface area contributed by atoms with E-state index in [1.807, 2.05) is 13.8 Å². The summed E-state index contributed by atoms with van der Waals surface area (Å²) in [5.41, 5.74) is -0.109. The van der Waals surface area contributed by atoms with Gasteiger partial charge in [-0.15, -0.1) is 0 Å². The fraction of sp³-hybridized carbons (Fsp3) is 0.500. The van der Waals surface area contributed by atoms with Crippen LogP contribution in [-0.2, 0) is 4.74 Å². The second kappa shape index (κ2) is 9.07. The third-order valence-electron chi connectivity index (χ3n) is 2.99. The van der Waals surface area contributed by atoms with Gasteiger partial charge in [-0.05, 0) is 31.4 Å². The van der Waals surface area contributed by atoms with Crippen LogP contribution in [0.4, 0.5) is 13.6 Å². The van der Waals surface area contributed by atoms with Crippen LogP contribution in [0.15, 0.2) is 18.2 Å². The standard InChI is InChI=1S/C16H22F2N2O3/c1-4-23-16(22)20-14(5-10(2)3)9-19-15(21)11-6-12(17)8-13(18)7-11/h6-8,10,14H,4-5,9H2,1-3H3,(H,19,21)(H,20,22). The van der Waals surface area contributed by atoms with Gasteiger partial charge in [-0.2, -0.15) is 0 Å². The normalized spacial score (nSPS) is 11.9. The predicted octanol–water partition coefficient (Wildman–Crippen LogP) is 2.86. The van der Waals surface area contributed by atoms with Gasteiger partial charge in [0, 0.05) is 24.2 Å². The maximum Gasteiger partial charge on any atom is 0.407 e. The molecule has 0 saturated carbocycles. The molecule has 0 aromatic heterocycles. The van der Waals surface area contributed by atoms with Crippen molar-refractivity contribution in [2.75, 3.05) is 13.2 Å². The van der Waals surface area contributed by atoms with Crippen molar-refractivity contribution in [1.29, 1.82) is 0 Å². The predicted molar refractivity (Wildman–Crippen MR) is 82.1 cm³/mol. The van der Waals surface area contributed by atoms with E-state index in [0.717, 1.165) is 12.1 Å². The number of ether oxygens (including phenoxy) is 1. The van der Waals surface area contributed by atoms with Gasteiger partial charge in [-0.25, -0.2) is 13.6 Å². The number of halogens is 2. The van der Waals surface area contributed by atoms with Gasteiger partial charge in [0.2, 0.25) is 0 Å². The number of hydrogen-bond donors (Lipinski definition) is 2. The van der Waals surface area contributed by atoms with E-state index < -0.39 is 23.6 Å². The highest BCUT2D eigenvalue weighted by atomic mass is 19.1. The van der Waals surface area contributed by atoms with E-state index in [1.54, 1.807) is 6.92 Å². The Morgan fingerprint density at radius 1 is 1.17 bits per heavy atom. The first kappa shape index (κ1) is 18.9. The molecular formula is C16H22F2N2O3. The molecule has 0 heterocycles. The smallest absolute Gasteiger partial charge is 0.407 e. The first-order chi connectivity index (χ1) is 10.8. The van der Waals surface area contributed by atoms with Crippen LogP contribution in [0.5, 0.6) is 0 Å². The minimum absolute atomic E-state index is 0.109. The molecular weight excluding hydrogens is 306 g/mol. The van der Waals surface area contributed by atoms with Crippen LogP contribution in [0.25, 0.3) is 0 Å². The van der Waals surface area contributed by atoms with Crippen molar-refractivity contribution < 1.29 is 23.1 Å². The molecule has 7 heteroatoms. The highest BCUT2D eigenvalue weighted by molar-refractivity contribution is 5.94. The summed E-state index contributed by atoms with van der Waals surface area (Å²) in [5, 5.41) is 5.22. The molecule has 0 aliphatic heterocycles. The molecule has 1 unspecified atom stereocenters. The fourth-order valence-electron chi connectivity index (χ4n) is 2.10. The zero-order valence-corrected chi connectivity index (χ0v) is 13.5. The SMILES string of the molecule is CCOC(=O)NC(CNC(=O)c1cc(F)cc(F)c1)CC(C)C. The quantitative estimate of drug-likeness (QED) is 0.809. The molecule has 1 rings (SSSR count). The summed E-state index contributed by atoms with van der Waals surface area (Å²) >= 11 is 0. The minimum Gasteiger partial charge on any atom is -0.450 e. The van der Waals surface area contributed by atoms with Crippen molar-refractivity contribution in [2.24, 2.45) is 5.92 Å². The Morgan fingerprint density at radius 2 is 1.78 bits per heavy atom. The molecule has 1 atom stereocenters. The van der Waals surface area contributed by atoms with Gasteiger partial charge in [-0.3, -0.25) is 4.79 Å². The van der Waals surface area contributed by atoms with Crippen molar-refractivity contribution in [2.45, 2.75) is 33.2 Å². The Hall–Kier alpha value is -2.18. The van der Waals surface area contributed by atoms with Crippen LogP contribution in [0.3, 0.4) is 0 Å². The topological polar surface area (TPSA) is 67.4 Å². The molecule has 1 aromatic carbocycles. The molecule has 0 aliphatic rings. The highest BCUT2D eigenvalue weighted by Crippen LogP contribution is 2.09. The van der Waals surface area contributed by atoms with Crippen LogP contribution in [0.2, 0.25) is 0 Å². The van der Waals surface area contributed by atoms with Crippen molar-refractivity contribution in [3.8, 4) is 0 Å². The van der Waals surface area contributed by atoms with Crippen molar-refractivity contribution >= 4 is 12.0 Å². The lowest BCUT2D eigenvalue weighted by atomic mass is 10.0. The molecule has 0 bridgehead atoms. The number of carbonyl (C=O) groups excluding carboxylic acids is 2. The lowest BCUT2D eigenvalue weighted by Crippen LogP contribution is -2.44. The maximum atomic E-state index is 13.1. The van der Waals surface area contributed by atoms with E-state index in [0.29, 0.717) is 12.5 Å². The van der Waals surface area contributed by atoms with E-state index in [-0.39, 0.29) is 30.7 Å². The van der Waals surface area contributed by atoms with Crippen molar-refractivity contribution in [3.63, 3.8) is 0 Å². The monoisotopic (exact) mass is 328 g/mol. The first-order valence-electron chi connectivity index (χ1n) is 7.49. The van der Waals surface area contributed by atoms with Gasteiger partial charge in [0.05, 0.1) is 6.61 Å². The zero-order valence-electron chi connectivity index (χ0n) is 13.5. The number of amides is 2. The summed E-state index contributed by atoms with van der Waals surface area (Å²) in [6.07, 6.45) is 0.0561. The van der Waals surface area contributed by atoms with Crippen molar-refractivity contribution in [1.82, 2.24) is 10.6 Å². The summed E-state index contributed by atoms with van der Waals surface area (Å²) in [6.45, 7) is 6.02. The third-order valence-corrected chi connectivity index (χ3v) is 2.99. The fourth-order valence-corrected chi connectivity index (χ4v) is 2.10. The first-order valence-corrected chi connectivity index (χ1v) is 7.49. The van der Waals surface area contributed by atoms with Gasteiger partial charge in [-0.1, -0.05) is 13.8 Å². The lowest BCUT2D eigenvalue weighted by molar-refractivity contribution is 0.0943. The Balaban J connectivity index is 2.65. The van der Waals surface area contributed by atoms with Crippen LogP contribution in [-0.4, -0.2) is 31.2 Å². The zero-order chi connectivity index (χ0) is 17.4. The van der Waals surface area contributed by atoms with Crippen LogP contribution in [0.1, 0.15) is 37.6 Å². The van der Waals surface area contributed by atoms with E-state index in [4.69, 9.17) is 4.74 Å². The summed E-state index contributed by atoms with van der Waals surface area (Å²) in [6, 6.07) is 2.26. The van der Waals surface area contributed by atoms with Gasteiger partial charge in [0.1, 0.15) is 11.6 Å². The average molecular weight is 328 g/mol. The Morgan fingerprint density at radius 3 is 2.30 bits per heavy atom. The Kier molecular flexibility index (Phi) is 7.44. The molecule has 128 valence electrons. The molecule has 0 saturated heterocycles. The van der Waals surface area contributed by atoms with Crippen LogP contribution < -0.4 is 10.6 Å². The molecule has 23 heavy (non-hydrogen) atoms. The molecule has 0 spiro atoms. The van der Waals surface area contributed by atoms with Crippen LogP contribution >= 0.6 is 0 Å². The summed E-state index contributed by atoms with van der Waals surface area (Å²) in [4.78, 5) is 23.5. The van der Waals surface area contributed by atoms with Gasteiger partial charge in [0.15, 0.2) is 0 Å². The second-order valence-electron chi connectivity index (χ2n) is 5.56. The highest BCUT2D eigenvalue weighted by Gasteiger charge is 2.17. The minimum atomic E-state index is -0.821. The molecule has 0 radical (unpaired) electrons. The van der Waals surface area contributed by atoms with E-state index in [9.17, 15) is 18.4 Å².